The fourth-order valence-electron chi connectivity index (χ4n) is 2.26. The van der Waals surface area contributed by atoms with Gasteiger partial charge >= 0.3 is 6.03 Å². The van der Waals surface area contributed by atoms with Crippen molar-refractivity contribution in [2.45, 2.75) is 25.8 Å². The lowest BCUT2D eigenvalue weighted by molar-refractivity contribution is 0.151. The summed E-state index contributed by atoms with van der Waals surface area (Å²) in [4.78, 5) is 15.9. The molecule has 4 heteroatoms. The van der Waals surface area contributed by atoms with E-state index in [1.54, 1.807) is 4.90 Å². The van der Waals surface area contributed by atoms with Gasteiger partial charge in [0, 0.05) is 31.7 Å². The Kier molecular flexibility index (Phi) is 4.48. The highest BCUT2D eigenvalue weighted by atomic mass is 35.5. The van der Waals surface area contributed by atoms with Crippen LogP contribution in [0.2, 0.25) is 5.02 Å². The first kappa shape index (κ1) is 13.2. The summed E-state index contributed by atoms with van der Waals surface area (Å²) in [5.41, 5.74) is 1.10. The summed E-state index contributed by atoms with van der Waals surface area (Å²) in [7, 11) is 1.85. The Morgan fingerprint density at radius 1 is 1.22 bits per heavy atom. The van der Waals surface area contributed by atoms with E-state index >= 15 is 0 Å². The summed E-state index contributed by atoms with van der Waals surface area (Å²) in [6, 6.07) is 7.77. The first-order valence-electron chi connectivity index (χ1n) is 6.41. The summed E-state index contributed by atoms with van der Waals surface area (Å²) < 4.78 is 0. The number of likely N-dealkylation sites (tertiary alicyclic amines) is 1. The zero-order valence-corrected chi connectivity index (χ0v) is 11.5. The van der Waals surface area contributed by atoms with E-state index in [0.29, 0.717) is 6.54 Å². The fraction of sp³-hybridized carbons (Fsp3) is 0.500. The van der Waals surface area contributed by atoms with Gasteiger partial charge in [0.05, 0.1) is 0 Å². The summed E-state index contributed by atoms with van der Waals surface area (Å²) in [5.74, 6) is 0. The van der Waals surface area contributed by atoms with Gasteiger partial charge in [0.1, 0.15) is 0 Å². The van der Waals surface area contributed by atoms with Gasteiger partial charge < -0.3 is 9.80 Å². The van der Waals surface area contributed by atoms with Crippen molar-refractivity contribution >= 4 is 17.6 Å². The quantitative estimate of drug-likeness (QED) is 0.805. The van der Waals surface area contributed by atoms with Gasteiger partial charge in [-0.3, -0.25) is 0 Å². The lowest BCUT2D eigenvalue weighted by Gasteiger charge is -2.31. The number of halogens is 1. The van der Waals surface area contributed by atoms with E-state index in [9.17, 15) is 4.79 Å². The number of carbonyl (C=O) groups excluding carboxylic acids is 1. The molecule has 0 spiro atoms. The fourth-order valence-corrected chi connectivity index (χ4v) is 2.38. The minimum Gasteiger partial charge on any atom is -0.325 e. The van der Waals surface area contributed by atoms with Gasteiger partial charge in [-0.1, -0.05) is 23.7 Å². The molecule has 18 heavy (non-hydrogen) atoms. The van der Waals surface area contributed by atoms with Crippen molar-refractivity contribution in [1.82, 2.24) is 9.80 Å². The largest absolute Gasteiger partial charge is 0.325 e. The molecule has 1 aromatic carbocycles. The number of nitrogens with zero attached hydrogens (tertiary/aromatic N) is 2. The molecule has 2 amide bonds. The molecule has 0 radical (unpaired) electrons. The summed E-state index contributed by atoms with van der Waals surface area (Å²) in [5, 5.41) is 0.726. The molecule has 0 aromatic heterocycles. The van der Waals surface area contributed by atoms with E-state index in [1.165, 1.54) is 6.42 Å². The standard InChI is InChI=1S/C14H19ClN2O/c1-16(11-12-5-7-13(15)8-6-12)14(18)17-9-3-2-4-10-17/h5-8H,2-4,9-11H2,1H3. The maximum atomic E-state index is 12.2. The van der Waals surface area contributed by atoms with Gasteiger partial charge in [-0.25, -0.2) is 4.79 Å². The van der Waals surface area contributed by atoms with E-state index in [0.717, 1.165) is 36.5 Å². The number of hydrogen-bond donors (Lipinski definition) is 0. The monoisotopic (exact) mass is 266 g/mol. The third-order valence-electron chi connectivity index (χ3n) is 3.29. The smallest absolute Gasteiger partial charge is 0.320 e. The van der Waals surface area contributed by atoms with Crippen LogP contribution in [0, 0.1) is 0 Å². The van der Waals surface area contributed by atoms with Crippen LogP contribution in [0.5, 0.6) is 0 Å². The normalized spacial score (nSPS) is 15.6. The molecular formula is C14H19ClN2O. The Morgan fingerprint density at radius 3 is 2.44 bits per heavy atom. The molecule has 3 nitrogen and oxygen atoms in total. The lowest BCUT2D eigenvalue weighted by Crippen LogP contribution is -2.43. The predicted molar refractivity (Wildman–Crippen MR) is 73.7 cm³/mol. The predicted octanol–water partition coefficient (Wildman–Crippen LogP) is 3.38. The van der Waals surface area contributed by atoms with Gasteiger partial charge in [0.25, 0.3) is 0 Å². The topological polar surface area (TPSA) is 23.6 Å². The van der Waals surface area contributed by atoms with Gasteiger partial charge in [-0.15, -0.1) is 0 Å². The SMILES string of the molecule is CN(Cc1ccc(Cl)cc1)C(=O)N1CCCCC1. The number of rotatable bonds is 2. The Bertz CT molecular complexity index is 399. The van der Waals surface area contributed by atoms with E-state index in [1.807, 2.05) is 36.2 Å². The second-order valence-corrected chi connectivity index (χ2v) is 5.25. The highest BCUT2D eigenvalue weighted by Crippen LogP contribution is 2.14. The van der Waals surface area contributed by atoms with Crippen molar-refractivity contribution in [1.29, 1.82) is 0 Å². The van der Waals surface area contributed by atoms with Crippen molar-refractivity contribution in [3.05, 3.63) is 34.9 Å². The van der Waals surface area contributed by atoms with Crippen molar-refractivity contribution in [3.63, 3.8) is 0 Å². The van der Waals surface area contributed by atoms with Gasteiger partial charge in [-0.2, -0.15) is 0 Å². The Morgan fingerprint density at radius 2 is 1.83 bits per heavy atom. The van der Waals surface area contributed by atoms with E-state index < -0.39 is 0 Å². The van der Waals surface area contributed by atoms with Crippen molar-refractivity contribution < 1.29 is 4.79 Å². The number of hydrogen-bond acceptors (Lipinski definition) is 1. The van der Waals surface area contributed by atoms with Gasteiger partial charge in [-0.05, 0) is 37.0 Å². The average molecular weight is 267 g/mol. The molecule has 1 aliphatic heterocycles. The summed E-state index contributed by atoms with van der Waals surface area (Å²) in [6.07, 6.45) is 3.49. The zero-order chi connectivity index (χ0) is 13.0. The Balaban J connectivity index is 1.92. The average Bonchev–Trinajstić information content (AvgIpc) is 2.41. The van der Waals surface area contributed by atoms with Crippen LogP contribution in [0.3, 0.4) is 0 Å². The first-order valence-corrected chi connectivity index (χ1v) is 6.79. The maximum absolute atomic E-state index is 12.2. The molecule has 1 aromatic rings. The molecule has 0 N–H and O–H groups in total. The van der Waals surface area contributed by atoms with Crippen LogP contribution >= 0.6 is 11.6 Å². The third kappa shape index (κ3) is 3.39. The number of amides is 2. The molecule has 0 bridgehead atoms. The third-order valence-corrected chi connectivity index (χ3v) is 3.54. The first-order chi connectivity index (χ1) is 8.66. The minimum absolute atomic E-state index is 0.129. The van der Waals surface area contributed by atoms with Crippen LogP contribution in [-0.2, 0) is 6.54 Å². The molecule has 1 heterocycles. The number of piperidine rings is 1. The van der Waals surface area contributed by atoms with Crippen molar-refractivity contribution in [2.75, 3.05) is 20.1 Å². The number of carbonyl (C=O) groups is 1. The zero-order valence-electron chi connectivity index (χ0n) is 10.7. The van der Waals surface area contributed by atoms with E-state index in [2.05, 4.69) is 0 Å². The lowest BCUT2D eigenvalue weighted by atomic mass is 10.1. The van der Waals surface area contributed by atoms with Crippen LogP contribution in [0.4, 0.5) is 4.79 Å². The van der Waals surface area contributed by atoms with Crippen LogP contribution < -0.4 is 0 Å². The summed E-state index contributed by atoms with van der Waals surface area (Å²) in [6.45, 7) is 2.42. The second kappa shape index (κ2) is 6.10. The molecule has 0 atom stereocenters. The molecular weight excluding hydrogens is 248 g/mol. The minimum atomic E-state index is 0.129. The second-order valence-electron chi connectivity index (χ2n) is 4.81. The van der Waals surface area contributed by atoms with Crippen LogP contribution in [0.15, 0.2) is 24.3 Å². The van der Waals surface area contributed by atoms with Crippen LogP contribution in [0.25, 0.3) is 0 Å². The molecule has 1 fully saturated rings. The van der Waals surface area contributed by atoms with Crippen molar-refractivity contribution in [2.24, 2.45) is 0 Å². The molecule has 0 aliphatic carbocycles. The molecule has 0 saturated carbocycles. The maximum Gasteiger partial charge on any atom is 0.320 e. The van der Waals surface area contributed by atoms with E-state index in [-0.39, 0.29) is 6.03 Å². The Hall–Kier alpha value is -1.22. The molecule has 98 valence electrons. The highest BCUT2D eigenvalue weighted by molar-refractivity contribution is 6.30. The van der Waals surface area contributed by atoms with Crippen LogP contribution in [0.1, 0.15) is 24.8 Å². The van der Waals surface area contributed by atoms with Gasteiger partial charge in [0.15, 0.2) is 0 Å². The van der Waals surface area contributed by atoms with E-state index in [4.69, 9.17) is 11.6 Å². The molecule has 1 saturated heterocycles. The highest BCUT2D eigenvalue weighted by Gasteiger charge is 2.19. The molecule has 1 aliphatic rings. The molecule has 0 unspecified atom stereocenters. The van der Waals surface area contributed by atoms with Gasteiger partial charge in [0.2, 0.25) is 0 Å². The number of urea groups is 1. The molecule has 2 rings (SSSR count). The van der Waals surface area contributed by atoms with Crippen LogP contribution in [-0.4, -0.2) is 36.0 Å². The van der Waals surface area contributed by atoms with Crippen molar-refractivity contribution in [3.8, 4) is 0 Å². The number of benzene rings is 1. The summed E-state index contributed by atoms with van der Waals surface area (Å²) >= 11 is 5.84. The Labute approximate surface area is 113 Å².